The maximum atomic E-state index is 12.4. The Morgan fingerprint density at radius 3 is 3.00 bits per heavy atom. The van der Waals surface area contributed by atoms with Crippen molar-refractivity contribution in [1.82, 2.24) is 10.6 Å². The molecule has 1 aromatic carbocycles. The third-order valence-electron chi connectivity index (χ3n) is 4.34. The summed E-state index contributed by atoms with van der Waals surface area (Å²) >= 11 is 0. The Bertz CT molecular complexity index is 655. The summed E-state index contributed by atoms with van der Waals surface area (Å²) < 4.78 is 23.6. The minimum absolute atomic E-state index is 0.157. The largest absolute Gasteiger partial charge is 0.351 e. The van der Waals surface area contributed by atoms with E-state index in [1.807, 2.05) is 18.2 Å². The fraction of sp³-hybridized carbons (Fsp3) is 0.533. The minimum atomic E-state index is -3.01. The van der Waals surface area contributed by atoms with Gasteiger partial charge in [-0.25, -0.2) is 8.42 Å². The van der Waals surface area contributed by atoms with Crippen molar-refractivity contribution in [3.8, 4) is 0 Å². The first kappa shape index (κ1) is 14.5. The third-order valence-corrected chi connectivity index (χ3v) is 6.61. The van der Waals surface area contributed by atoms with Crippen LogP contribution in [0.15, 0.2) is 18.2 Å². The molecule has 0 aliphatic carbocycles. The van der Waals surface area contributed by atoms with Gasteiger partial charge in [-0.1, -0.05) is 12.1 Å². The highest BCUT2D eigenvalue weighted by Gasteiger charge is 2.31. The molecule has 2 heterocycles. The molecule has 1 atom stereocenters. The Morgan fingerprint density at radius 1 is 1.38 bits per heavy atom. The highest BCUT2D eigenvalue weighted by Crippen LogP contribution is 2.21. The van der Waals surface area contributed by atoms with Crippen LogP contribution in [0, 0.1) is 0 Å². The summed E-state index contributed by atoms with van der Waals surface area (Å²) in [5.41, 5.74) is 2.93. The average molecular weight is 308 g/mol. The standard InChI is InChI=1S/C15H20N2O3S/c18-15(17-10-12-4-2-8-21(12,19)20)14-5-1-3-11-9-16-7-6-13(11)14/h1,3,5,12,16H,2,4,6-10H2,(H,17,18). The molecule has 1 saturated heterocycles. The lowest BCUT2D eigenvalue weighted by Crippen LogP contribution is -2.36. The molecule has 3 rings (SSSR count). The van der Waals surface area contributed by atoms with Crippen molar-refractivity contribution in [2.75, 3.05) is 18.8 Å². The van der Waals surface area contributed by atoms with Gasteiger partial charge in [-0.3, -0.25) is 4.79 Å². The van der Waals surface area contributed by atoms with E-state index in [4.69, 9.17) is 0 Å². The van der Waals surface area contributed by atoms with Gasteiger partial charge in [-0.2, -0.15) is 0 Å². The first-order valence-corrected chi connectivity index (χ1v) is 9.11. The van der Waals surface area contributed by atoms with Crippen LogP contribution in [-0.4, -0.2) is 38.4 Å². The molecular formula is C15H20N2O3S. The van der Waals surface area contributed by atoms with Gasteiger partial charge in [0.2, 0.25) is 0 Å². The second-order valence-electron chi connectivity index (χ2n) is 5.71. The third kappa shape index (κ3) is 2.96. The molecule has 0 saturated carbocycles. The van der Waals surface area contributed by atoms with Gasteiger partial charge >= 0.3 is 0 Å². The quantitative estimate of drug-likeness (QED) is 0.859. The molecule has 21 heavy (non-hydrogen) atoms. The minimum Gasteiger partial charge on any atom is -0.351 e. The van der Waals surface area contributed by atoms with Crippen LogP contribution in [-0.2, 0) is 22.8 Å². The highest BCUT2D eigenvalue weighted by atomic mass is 32.2. The second kappa shape index (κ2) is 5.77. The molecule has 114 valence electrons. The zero-order valence-corrected chi connectivity index (χ0v) is 12.7. The molecule has 0 aromatic heterocycles. The normalized spacial score (nSPS) is 23.5. The summed E-state index contributed by atoms with van der Waals surface area (Å²) in [5, 5.41) is 5.68. The van der Waals surface area contributed by atoms with E-state index in [1.165, 1.54) is 0 Å². The lowest BCUT2D eigenvalue weighted by atomic mass is 9.95. The van der Waals surface area contributed by atoms with Gasteiger partial charge in [0.25, 0.3) is 5.91 Å². The number of rotatable bonds is 3. The van der Waals surface area contributed by atoms with E-state index in [-0.39, 0.29) is 18.2 Å². The zero-order chi connectivity index (χ0) is 14.9. The number of hydrogen-bond donors (Lipinski definition) is 2. The molecule has 0 bridgehead atoms. The SMILES string of the molecule is O=C(NCC1CCCS1(=O)=O)c1cccc2c1CCNC2. The van der Waals surface area contributed by atoms with E-state index in [0.29, 0.717) is 18.4 Å². The second-order valence-corrected chi connectivity index (χ2v) is 8.11. The fourth-order valence-electron chi connectivity index (χ4n) is 3.13. The van der Waals surface area contributed by atoms with Crippen molar-refractivity contribution >= 4 is 15.7 Å². The summed E-state index contributed by atoms with van der Waals surface area (Å²) in [7, 11) is -3.01. The first-order valence-electron chi connectivity index (χ1n) is 7.39. The molecule has 1 fully saturated rings. The van der Waals surface area contributed by atoms with Crippen LogP contribution < -0.4 is 10.6 Å². The Morgan fingerprint density at radius 2 is 2.24 bits per heavy atom. The predicted octanol–water partition coefficient (Wildman–Crippen LogP) is 0.639. The fourth-order valence-corrected chi connectivity index (χ4v) is 4.90. The van der Waals surface area contributed by atoms with Crippen molar-refractivity contribution in [3.63, 3.8) is 0 Å². The lowest BCUT2D eigenvalue weighted by molar-refractivity contribution is 0.0952. The van der Waals surface area contributed by atoms with Crippen LogP contribution in [0.25, 0.3) is 0 Å². The monoisotopic (exact) mass is 308 g/mol. The van der Waals surface area contributed by atoms with Crippen molar-refractivity contribution in [3.05, 3.63) is 34.9 Å². The Kier molecular flexibility index (Phi) is 3.99. The average Bonchev–Trinajstić information content (AvgIpc) is 2.83. The van der Waals surface area contributed by atoms with Gasteiger partial charge in [0.05, 0.1) is 11.0 Å². The molecule has 2 aliphatic rings. The zero-order valence-electron chi connectivity index (χ0n) is 11.9. The van der Waals surface area contributed by atoms with E-state index < -0.39 is 15.1 Å². The molecule has 0 spiro atoms. The molecule has 1 aromatic rings. The number of carbonyl (C=O) groups excluding carboxylic acids is 1. The van der Waals surface area contributed by atoms with Gasteiger partial charge < -0.3 is 10.6 Å². The van der Waals surface area contributed by atoms with Gasteiger partial charge in [0.1, 0.15) is 0 Å². The number of carbonyl (C=O) groups is 1. The smallest absolute Gasteiger partial charge is 0.251 e. The number of sulfone groups is 1. The maximum absolute atomic E-state index is 12.4. The predicted molar refractivity (Wildman–Crippen MR) is 81.0 cm³/mol. The van der Waals surface area contributed by atoms with Crippen molar-refractivity contribution in [2.45, 2.75) is 31.1 Å². The number of fused-ring (bicyclic) bond motifs is 1. The van der Waals surface area contributed by atoms with E-state index in [1.54, 1.807) is 0 Å². The highest BCUT2D eigenvalue weighted by molar-refractivity contribution is 7.92. The van der Waals surface area contributed by atoms with Gasteiger partial charge in [0, 0.05) is 18.7 Å². The van der Waals surface area contributed by atoms with Gasteiger partial charge in [0.15, 0.2) is 9.84 Å². The Labute approximate surface area is 125 Å². The summed E-state index contributed by atoms with van der Waals surface area (Å²) in [6.07, 6.45) is 2.19. The molecule has 1 unspecified atom stereocenters. The number of benzene rings is 1. The summed E-state index contributed by atoms with van der Waals surface area (Å²) in [6.45, 7) is 1.88. The molecule has 2 N–H and O–H groups in total. The lowest BCUT2D eigenvalue weighted by Gasteiger charge is -2.20. The van der Waals surface area contributed by atoms with Crippen molar-refractivity contribution in [2.24, 2.45) is 0 Å². The van der Waals surface area contributed by atoms with E-state index in [9.17, 15) is 13.2 Å². The molecule has 2 aliphatic heterocycles. The van der Waals surface area contributed by atoms with Crippen LogP contribution in [0.1, 0.15) is 34.3 Å². The van der Waals surface area contributed by atoms with E-state index >= 15 is 0 Å². The summed E-state index contributed by atoms with van der Waals surface area (Å²) in [4.78, 5) is 12.4. The van der Waals surface area contributed by atoms with Crippen LogP contribution in [0.5, 0.6) is 0 Å². The van der Waals surface area contributed by atoms with Crippen LogP contribution in [0.4, 0.5) is 0 Å². The number of amides is 1. The molecule has 0 radical (unpaired) electrons. The van der Waals surface area contributed by atoms with E-state index in [0.717, 1.165) is 30.6 Å². The Balaban J connectivity index is 1.72. The maximum Gasteiger partial charge on any atom is 0.251 e. The first-order chi connectivity index (χ1) is 10.1. The van der Waals surface area contributed by atoms with Gasteiger partial charge in [-0.15, -0.1) is 0 Å². The number of hydrogen-bond acceptors (Lipinski definition) is 4. The molecule has 5 nitrogen and oxygen atoms in total. The van der Waals surface area contributed by atoms with Crippen LogP contribution >= 0.6 is 0 Å². The van der Waals surface area contributed by atoms with Gasteiger partial charge in [-0.05, 0) is 43.0 Å². The molecule has 1 amide bonds. The van der Waals surface area contributed by atoms with Crippen LogP contribution in [0.3, 0.4) is 0 Å². The summed E-state index contributed by atoms with van der Waals surface area (Å²) in [6, 6.07) is 5.73. The van der Waals surface area contributed by atoms with Crippen molar-refractivity contribution < 1.29 is 13.2 Å². The summed E-state index contributed by atoms with van der Waals surface area (Å²) in [5.74, 6) is 0.0933. The molecule has 6 heteroatoms. The number of nitrogens with one attached hydrogen (secondary N) is 2. The van der Waals surface area contributed by atoms with E-state index in [2.05, 4.69) is 10.6 Å². The molecular weight excluding hydrogens is 288 g/mol. The Hall–Kier alpha value is -1.40. The van der Waals surface area contributed by atoms with Crippen molar-refractivity contribution in [1.29, 1.82) is 0 Å². The topological polar surface area (TPSA) is 75.3 Å². The van der Waals surface area contributed by atoms with Crippen LogP contribution in [0.2, 0.25) is 0 Å².